The molecule has 1 amide bonds. The molecule has 3 rings (SSSR count). The van der Waals surface area contributed by atoms with Gasteiger partial charge in [0.15, 0.2) is 9.84 Å². The lowest BCUT2D eigenvalue weighted by molar-refractivity contribution is -0.131. The molecule has 27 heavy (non-hydrogen) atoms. The Bertz CT molecular complexity index is 933. The van der Waals surface area contributed by atoms with Gasteiger partial charge in [-0.3, -0.25) is 9.69 Å². The summed E-state index contributed by atoms with van der Waals surface area (Å²) in [7, 11) is -1.42. The highest BCUT2D eigenvalue weighted by Gasteiger charge is 2.20. The van der Waals surface area contributed by atoms with E-state index in [1.165, 1.54) is 6.26 Å². The first-order valence-corrected chi connectivity index (χ1v) is 10.9. The highest BCUT2D eigenvalue weighted by Crippen LogP contribution is 2.20. The van der Waals surface area contributed by atoms with Crippen molar-refractivity contribution in [2.24, 2.45) is 0 Å². The summed E-state index contributed by atoms with van der Waals surface area (Å²) in [5.41, 5.74) is 2.23. The number of sulfone groups is 1. The summed E-state index contributed by atoms with van der Waals surface area (Å²) in [5, 5.41) is 0. The van der Waals surface area contributed by atoms with Crippen LogP contribution in [0.4, 0.5) is 0 Å². The summed E-state index contributed by atoms with van der Waals surface area (Å²) in [6.07, 6.45) is 2.79. The van der Waals surface area contributed by atoms with Gasteiger partial charge in [0.2, 0.25) is 5.91 Å². The Morgan fingerprint density at radius 3 is 2.48 bits per heavy atom. The lowest BCUT2D eigenvalue weighted by Crippen LogP contribution is -2.39. The zero-order chi connectivity index (χ0) is 19.6. The molecule has 0 saturated heterocycles. The largest absolute Gasteiger partial charge is 0.464 e. The minimum absolute atomic E-state index is 0.0480. The number of likely N-dealkylation sites (N-methyl/N-ethyl adjacent to an activating group) is 1. The number of hydrogen-bond acceptors (Lipinski definition) is 5. The van der Waals surface area contributed by atoms with Crippen molar-refractivity contribution in [2.75, 3.05) is 32.9 Å². The number of carbonyl (C=O) groups excluding carboxylic acids is 1. The van der Waals surface area contributed by atoms with Gasteiger partial charge in [-0.1, -0.05) is 6.07 Å². The number of benzene rings is 1. The second kappa shape index (κ2) is 7.86. The Hall–Kier alpha value is -2.12. The number of amides is 1. The number of nitrogens with zero attached hydrogens (tertiary/aromatic N) is 2. The smallest absolute Gasteiger partial charge is 0.236 e. The first kappa shape index (κ1) is 19.6. The van der Waals surface area contributed by atoms with E-state index in [0.717, 1.165) is 48.6 Å². The molecule has 7 heteroatoms. The Morgan fingerprint density at radius 1 is 1.15 bits per heavy atom. The van der Waals surface area contributed by atoms with Crippen molar-refractivity contribution < 1.29 is 17.6 Å². The number of hydrogen-bond donors (Lipinski definition) is 0. The van der Waals surface area contributed by atoms with Gasteiger partial charge in [-0.15, -0.1) is 0 Å². The average molecular weight is 391 g/mol. The van der Waals surface area contributed by atoms with Gasteiger partial charge >= 0.3 is 0 Å². The minimum Gasteiger partial charge on any atom is -0.464 e. The van der Waals surface area contributed by atoms with Crippen LogP contribution in [0.3, 0.4) is 0 Å². The molecule has 0 bridgehead atoms. The number of fused-ring (bicyclic) bond motifs is 1. The van der Waals surface area contributed by atoms with E-state index in [-0.39, 0.29) is 5.91 Å². The maximum atomic E-state index is 12.6. The summed E-state index contributed by atoms with van der Waals surface area (Å²) >= 11 is 0. The van der Waals surface area contributed by atoms with Crippen molar-refractivity contribution in [3.63, 3.8) is 0 Å². The first-order valence-electron chi connectivity index (χ1n) is 9.06. The van der Waals surface area contributed by atoms with Gasteiger partial charge in [0.25, 0.3) is 0 Å². The van der Waals surface area contributed by atoms with Crippen molar-refractivity contribution >= 4 is 15.7 Å². The van der Waals surface area contributed by atoms with Crippen LogP contribution in [0.1, 0.15) is 22.6 Å². The standard InChI is InChI=1S/C20H26N2O4S/c1-15-4-6-18(26-15)13-21(2)20(23)14-22-10-8-16-5-7-19(27(3,24)25)12-17(16)9-11-22/h4-7,12H,8-11,13-14H2,1-3H3. The molecule has 0 saturated carbocycles. The van der Waals surface area contributed by atoms with Crippen LogP contribution in [-0.2, 0) is 34.0 Å². The molecule has 1 aromatic heterocycles. The molecule has 0 N–H and O–H groups in total. The normalized spacial score (nSPS) is 15.2. The molecule has 0 spiro atoms. The molecule has 0 radical (unpaired) electrons. The number of carbonyl (C=O) groups is 1. The zero-order valence-electron chi connectivity index (χ0n) is 16.1. The van der Waals surface area contributed by atoms with Crippen LogP contribution in [0, 0.1) is 6.92 Å². The van der Waals surface area contributed by atoms with Crippen LogP contribution in [0.15, 0.2) is 39.6 Å². The van der Waals surface area contributed by atoms with E-state index in [1.807, 2.05) is 25.1 Å². The summed E-state index contributed by atoms with van der Waals surface area (Å²) < 4.78 is 29.1. The zero-order valence-corrected chi connectivity index (χ0v) is 16.9. The number of furan rings is 1. The van der Waals surface area contributed by atoms with E-state index < -0.39 is 9.84 Å². The van der Waals surface area contributed by atoms with E-state index in [0.29, 0.717) is 18.0 Å². The molecule has 0 atom stereocenters. The van der Waals surface area contributed by atoms with Crippen molar-refractivity contribution in [2.45, 2.75) is 31.2 Å². The second-order valence-electron chi connectivity index (χ2n) is 7.24. The third kappa shape index (κ3) is 4.99. The fourth-order valence-electron chi connectivity index (χ4n) is 3.34. The second-order valence-corrected chi connectivity index (χ2v) is 9.26. The van der Waals surface area contributed by atoms with Crippen molar-refractivity contribution in [1.82, 2.24) is 9.80 Å². The lowest BCUT2D eigenvalue weighted by atomic mass is 10.0. The van der Waals surface area contributed by atoms with E-state index in [2.05, 4.69) is 4.90 Å². The van der Waals surface area contributed by atoms with Crippen LogP contribution >= 0.6 is 0 Å². The van der Waals surface area contributed by atoms with Gasteiger partial charge in [0.1, 0.15) is 11.5 Å². The number of aryl methyl sites for hydroxylation is 1. The van der Waals surface area contributed by atoms with Crippen LogP contribution < -0.4 is 0 Å². The molecule has 1 aliphatic rings. The quantitative estimate of drug-likeness (QED) is 0.781. The van der Waals surface area contributed by atoms with Crippen molar-refractivity contribution in [3.8, 4) is 0 Å². The van der Waals surface area contributed by atoms with E-state index in [9.17, 15) is 13.2 Å². The average Bonchev–Trinajstić information content (AvgIpc) is 2.90. The molecule has 146 valence electrons. The van der Waals surface area contributed by atoms with Gasteiger partial charge in [-0.25, -0.2) is 8.42 Å². The molecular formula is C20H26N2O4S. The molecular weight excluding hydrogens is 364 g/mol. The summed E-state index contributed by atoms with van der Waals surface area (Å²) in [6, 6.07) is 9.14. The highest BCUT2D eigenvalue weighted by molar-refractivity contribution is 7.90. The van der Waals surface area contributed by atoms with E-state index in [1.54, 1.807) is 24.1 Å². The Labute approximate surface area is 160 Å². The van der Waals surface area contributed by atoms with Crippen LogP contribution in [0.25, 0.3) is 0 Å². The maximum Gasteiger partial charge on any atom is 0.236 e. The van der Waals surface area contributed by atoms with Crippen molar-refractivity contribution in [1.29, 1.82) is 0 Å². The molecule has 2 aromatic rings. The fraction of sp³-hybridized carbons (Fsp3) is 0.450. The summed E-state index contributed by atoms with van der Waals surface area (Å²) in [5.74, 6) is 1.66. The van der Waals surface area contributed by atoms with Gasteiger partial charge in [0, 0.05) is 26.4 Å². The monoisotopic (exact) mass is 390 g/mol. The number of rotatable bonds is 5. The van der Waals surface area contributed by atoms with Crippen LogP contribution in [0.5, 0.6) is 0 Å². The Kier molecular flexibility index (Phi) is 5.72. The molecule has 6 nitrogen and oxygen atoms in total. The third-order valence-electron chi connectivity index (χ3n) is 4.97. The molecule has 2 heterocycles. The predicted octanol–water partition coefficient (Wildman–Crippen LogP) is 2.05. The molecule has 0 fully saturated rings. The SMILES string of the molecule is Cc1ccc(CN(C)C(=O)CN2CCc3ccc(S(C)(=O)=O)cc3CC2)o1. The van der Waals surface area contributed by atoms with Crippen LogP contribution in [0.2, 0.25) is 0 Å². The van der Waals surface area contributed by atoms with Crippen LogP contribution in [-0.4, -0.2) is 57.1 Å². The third-order valence-corrected chi connectivity index (χ3v) is 6.08. The van der Waals surface area contributed by atoms with Gasteiger partial charge in [0.05, 0.1) is 18.0 Å². The Balaban J connectivity index is 1.60. The molecule has 1 aromatic carbocycles. The van der Waals surface area contributed by atoms with Crippen molar-refractivity contribution in [3.05, 3.63) is 53.0 Å². The topological polar surface area (TPSA) is 70.8 Å². The molecule has 0 aliphatic carbocycles. The van der Waals surface area contributed by atoms with Gasteiger partial charge in [-0.05, 0) is 55.2 Å². The van der Waals surface area contributed by atoms with E-state index >= 15 is 0 Å². The van der Waals surface area contributed by atoms with Gasteiger partial charge in [-0.2, -0.15) is 0 Å². The maximum absolute atomic E-state index is 12.6. The summed E-state index contributed by atoms with van der Waals surface area (Å²) in [6.45, 7) is 4.21. The fourth-order valence-corrected chi connectivity index (χ4v) is 4.01. The highest BCUT2D eigenvalue weighted by atomic mass is 32.2. The predicted molar refractivity (Wildman–Crippen MR) is 103 cm³/mol. The first-order chi connectivity index (χ1) is 12.7. The summed E-state index contributed by atoms with van der Waals surface area (Å²) in [4.78, 5) is 16.7. The molecule has 0 unspecified atom stereocenters. The molecule has 1 aliphatic heterocycles. The lowest BCUT2D eigenvalue weighted by Gasteiger charge is -2.23. The van der Waals surface area contributed by atoms with E-state index in [4.69, 9.17) is 4.42 Å². The Morgan fingerprint density at radius 2 is 1.85 bits per heavy atom. The minimum atomic E-state index is -3.20. The van der Waals surface area contributed by atoms with Gasteiger partial charge < -0.3 is 9.32 Å².